The van der Waals surface area contributed by atoms with Gasteiger partial charge in [-0.25, -0.2) is 0 Å². The minimum Gasteiger partial charge on any atom is -0.350 e. The van der Waals surface area contributed by atoms with Gasteiger partial charge in [0.05, 0.1) is 5.56 Å². The van der Waals surface area contributed by atoms with Gasteiger partial charge in [-0.3, -0.25) is 20.4 Å². The van der Waals surface area contributed by atoms with Crippen molar-refractivity contribution in [3.05, 3.63) is 58.7 Å². The summed E-state index contributed by atoms with van der Waals surface area (Å²) < 4.78 is 7.03. The zero-order chi connectivity index (χ0) is 19.5. The van der Waals surface area contributed by atoms with Crippen molar-refractivity contribution < 1.29 is 14.1 Å². The van der Waals surface area contributed by atoms with E-state index in [0.717, 1.165) is 16.5 Å². The molecule has 0 atom stereocenters. The van der Waals surface area contributed by atoms with Crippen LogP contribution in [0.3, 0.4) is 0 Å². The smallest absolute Gasteiger partial charge is 0.271 e. The topological polar surface area (TPSA) is 102 Å². The molecule has 0 saturated heterocycles. The average Bonchev–Trinajstić information content (AvgIpc) is 3.45. The Kier molecular flexibility index (Phi) is 4.90. The summed E-state index contributed by atoms with van der Waals surface area (Å²) in [4.78, 5) is 28.7. The molecule has 8 nitrogen and oxygen atoms in total. The van der Waals surface area contributed by atoms with Crippen LogP contribution in [0.5, 0.6) is 0 Å². The van der Waals surface area contributed by atoms with E-state index >= 15 is 0 Å². The first-order valence-corrected chi connectivity index (χ1v) is 9.54. The fourth-order valence-electron chi connectivity index (χ4n) is 2.86. The number of hydrazine groups is 1. The number of para-hydroxylation sites is 1. The van der Waals surface area contributed by atoms with E-state index in [9.17, 15) is 9.59 Å². The average molecular weight is 395 g/mol. The maximum Gasteiger partial charge on any atom is 0.271 e. The normalized spacial score (nSPS) is 10.9. The molecule has 3 aromatic heterocycles. The Bertz CT molecular complexity index is 1130. The van der Waals surface area contributed by atoms with Gasteiger partial charge in [-0.2, -0.15) is 16.3 Å². The third-order valence-corrected chi connectivity index (χ3v) is 4.95. The molecule has 2 amide bonds. The van der Waals surface area contributed by atoms with Crippen LogP contribution in [0.25, 0.3) is 22.3 Å². The molecule has 0 aliphatic rings. The summed E-state index contributed by atoms with van der Waals surface area (Å²) in [6.45, 7) is 0. The van der Waals surface area contributed by atoms with Gasteiger partial charge >= 0.3 is 0 Å². The Morgan fingerprint density at radius 3 is 2.89 bits per heavy atom. The maximum atomic E-state index is 12.4. The van der Waals surface area contributed by atoms with Gasteiger partial charge in [-0.1, -0.05) is 23.4 Å². The molecule has 4 aromatic rings. The quantitative estimate of drug-likeness (QED) is 0.506. The lowest BCUT2D eigenvalue weighted by Crippen LogP contribution is -2.41. The molecule has 0 saturated carbocycles. The van der Waals surface area contributed by atoms with Gasteiger partial charge in [-0.05, 0) is 17.5 Å². The fraction of sp³-hybridized carbons (Fsp3) is 0.158. The van der Waals surface area contributed by atoms with Crippen LogP contribution in [0.2, 0.25) is 0 Å². The molecule has 28 heavy (non-hydrogen) atoms. The van der Waals surface area contributed by atoms with E-state index in [1.165, 1.54) is 0 Å². The van der Waals surface area contributed by atoms with Gasteiger partial charge in [-0.15, -0.1) is 0 Å². The summed E-state index contributed by atoms with van der Waals surface area (Å²) in [6, 6.07) is 9.47. The summed E-state index contributed by atoms with van der Waals surface area (Å²) in [7, 11) is 1.87. The highest BCUT2D eigenvalue weighted by Crippen LogP contribution is 2.20. The molecule has 1 aromatic carbocycles. The lowest BCUT2D eigenvalue weighted by molar-refractivity contribution is -0.121. The largest absolute Gasteiger partial charge is 0.350 e. The molecule has 2 N–H and O–H groups in total. The highest BCUT2D eigenvalue weighted by Gasteiger charge is 2.15. The maximum absolute atomic E-state index is 12.4. The Morgan fingerprint density at radius 1 is 1.21 bits per heavy atom. The number of nitrogens with zero attached hydrogens (tertiary/aromatic N) is 3. The summed E-state index contributed by atoms with van der Waals surface area (Å²) in [5.41, 5.74) is 7.19. The van der Waals surface area contributed by atoms with Crippen LogP contribution in [-0.2, 0) is 18.3 Å². The summed E-state index contributed by atoms with van der Waals surface area (Å²) >= 11 is 1.54. The van der Waals surface area contributed by atoms with Gasteiger partial charge in [0.2, 0.25) is 17.6 Å². The van der Waals surface area contributed by atoms with Crippen molar-refractivity contribution in [1.82, 2.24) is 25.6 Å². The first kappa shape index (κ1) is 17.9. The number of nitrogens with one attached hydrogen (secondary N) is 2. The van der Waals surface area contributed by atoms with Crippen molar-refractivity contribution >= 4 is 34.1 Å². The van der Waals surface area contributed by atoms with E-state index in [1.54, 1.807) is 17.5 Å². The number of carbonyl (C=O) groups is 2. The number of amides is 2. The SMILES string of the molecule is Cn1cc(C(=O)NNC(=O)CCc2nc(-c3ccsc3)no2)c2ccccc21. The molecule has 142 valence electrons. The molecule has 3 heterocycles. The van der Waals surface area contributed by atoms with Crippen molar-refractivity contribution in [3.63, 3.8) is 0 Å². The second kappa shape index (κ2) is 7.65. The van der Waals surface area contributed by atoms with Crippen LogP contribution < -0.4 is 10.9 Å². The molecule has 0 radical (unpaired) electrons. The van der Waals surface area contributed by atoms with Crippen LogP contribution >= 0.6 is 11.3 Å². The number of hydrogen-bond donors (Lipinski definition) is 2. The molecule has 0 spiro atoms. The van der Waals surface area contributed by atoms with Gasteiger partial charge < -0.3 is 9.09 Å². The van der Waals surface area contributed by atoms with Crippen LogP contribution in [0.15, 0.2) is 51.8 Å². The molecule has 0 aliphatic heterocycles. The predicted octanol–water partition coefficient (Wildman–Crippen LogP) is 2.68. The first-order chi connectivity index (χ1) is 13.6. The number of rotatable bonds is 5. The van der Waals surface area contributed by atoms with Crippen LogP contribution in [0.1, 0.15) is 22.7 Å². The van der Waals surface area contributed by atoms with E-state index in [1.807, 2.05) is 52.7 Å². The van der Waals surface area contributed by atoms with Crippen molar-refractivity contribution in [2.24, 2.45) is 7.05 Å². The lowest BCUT2D eigenvalue weighted by Gasteiger charge is -2.06. The van der Waals surface area contributed by atoms with Gasteiger partial charge in [0.15, 0.2) is 0 Å². The highest BCUT2D eigenvalue weighted by atomic mass is 32.1. The van der Waals surface area contributed by atoms with E-state index in [4.69, 9.17) is 4.52 Å². The molecule has 0 aliphatic carbocycles. The van der Waals surface area contributed by atoms with Crippen LogP contribution in [0.4, 0.5) is 0 Å². The summed E-state index contributed by atoms with van der Waals surface area (Å²) in [5.74, 6) is 0.157. The number of fused-ring (bicyclic) bond motifs is 1. The number of hydrogen-bond acceptors (Lipinski definition) is 6. The number of carbonyl (C=O) groups excluding carboxylic acids is 2. The number of benzene rings is 1. The Morgan fingerprint density at radius 2 is 2.07 bits per heavy atom. The third kappa shape index (κ3) is 3.65. The standard InChI is InChI=1S/C19H17N5O3S/c1-24-10-14(13-4-2-3-5-15(13)24)19(26)22-21-16(25)6-7-17-20-18(23-27-17)12-8-9-28-11-12/h2-5,8-11H,6-7H2,1H3,(H,21,25)(H,22,26). The van der Waals surface area contributed by atoms with Gasteiger partial charge in [0.25, 0.3) is 5.91 Å². The number of thiophene rings is 1. The second-order valence-corrected chi connectivity index (χ2v) is 6.98. The van der Waals surface area contributed by atoms with Gasteiger partial charge in [0.1, 0.15) is 0 Å². The summed E-state index contributed by atoms with van der Waals surface area (Å²) in [5, 5.41) is 8.57. The summed E-state index contributed by atoms with van der Waals surface area (Å²) in [6.07, 6.45) is 2.13. The lowest BCUT2D eigenvalue weighted by atomic mass is 10.2. The number of aryl methyl sites for hydroxylation is 2. The minimum absolute atomic E-state index is 0.112. The Balaban J connectivity index is 1.31. The van der Waals surface area contributed by atoms with Crippen molar-refractivity contribution in [3.8, 4) is 11.4 Å². The van der Waals surface area contributed by atoms with E-state index < -0.39 is 0 Å². The van der Waals surface area contributed by atoms with Crippen LogP contribution in [-0.4, -0.2) is 26.5 Å². The van der Waals surface area contributed by atoms with Crippen LogP contribution in [0, 0.1) is 0 Å². The molecule has 0 bridgehead atoms. The molecular formula is C19H17N5O3S. The predicted molar refractivity (Wildman–Crippen MR) is 104 cm³/mol. The second-order valence-electron chi connectivity index (χ2n) is 6.20. The Hall–Kier alpha value is -3.46. The zero-order valence-corrected chi connectivity index (χ0v) is 15.8. The molecule has 0 fully saturated rings. The third-order valence-electron chi connectivity index (χ3n) is 4.27. The molecule has 9 heteroatoms. The van der Waals surface area contributed by atoms with Crippen molar-refractivity contribution in [2.45, 2.75) is 12.8 Å². The first-order valence-electron chi connectivity index (χ1n) is 8.60. The number of aromatic nitrogens is 3. The molecular weight excluding hydrogens is 378 g/mol. The minimum atomic E-state index is -0.373. The monoisotopic (exact) mass is 395 g/mol. The highest BCUT2D eigenvalue weighted by molar-refractivity contribution is 7.08. The van der Waals surface area contributed by atoms with E-state index in [2.05, 4.69) is 21.0 Å². The van der Waals surface area contributed by atoms with Crippen molar-refractivity contribution in [2.75, 3.05) is 0 Å². The van der Waals surface area contributed by atoms with E-state index in [-0.39, 0.29) is 24.7 Å². The fourth-order valence-corrected chi connectivity index (χ4v) is 3.50. The zero-order valence-electron chi connectivity index (χ0n) is 15.0. The van der Waals surface area contributed by atoms with Crippen molar-refractivity contribution in [1.29, 1.82) is 0 Å². The molecule has 4 rings (SSSR count). The Labute approximate surface area is 164 Å². The van der Waals surface area contributed by atoms with Gasteiger partial charge in [0, 0.05) is 47.9 Å². The molecule has 0 unspecified atom stereocenters. The van der Waals surface area contributed by atoms with E-state index in [0.29, 0.717) is 17.3 Å².